The maximum atomic E-state index is 14.4. The third-order valence-corrected chi connectivity index (χ3v) is 4.38. The lowest BCUT2D eigenvalue weighted by Gasteiger charge is -2.31. The SMILES string of the molecule is O=C(NCc1ccc(N2CCC(O)CC2)c(F)c1)c1cccc(O)c1. The number of hydrogen-bond donors (Lipinski definition) is 3. The maximum Gasteiger partial charge on any atom is 0.251 e. The van der Waals surface area contributed by atoms with Gasteiger partial charge < -0.3 is 20.4 Å². The Balaban J connectivity index is 1.62. The second kappa shape index (κ2) is 7.53. The molecule has 1 fully saturated rings. The first kappa shape index (κ1) is 17.2. The van der Waals surface area contributed by atoms with Crippen molar-refractivity contribution in [3.8, 4) is 5.75 Å². The first-order chi connectivity index (χ1) is 12.0. The zero-order valence-corrected chi connectivity index (χ0v) is 13.8. The highest BCUT2D eigenvalue weighted by molar-refractivity contribution is 5.94. The molecule has 1 aliphatic rings. The minimum Gasteiger partial charge on any atom is -0.508 e. The van der Waals surface area contributed by atoms with E-state index in [4.69, 9.17) is 0 Å². The van der Waals surface area contributed by atoms with Gasteiger partial charge in [0.25, 0.3) is 5.91 Å². The number of phenolic OH excluding ortho intramolecular Hbond substituents is 1. The molecule has 2 aromatic carbocycles. The third kappa shape index (κ3) is 4.28. The molecule has 0 saturated carbocycles. The Morgan fingerprint density at radius 1 is 1.20 bits per heavy atom. The van der Waals surface area contributed by atoms with Gasteiger partial charge in [0.05, 0.1) is 11.8 Å². The molecule has 0 radical (unpaired) electrons. The van der Waals surface area contributed by atoms with Gasteiger partial charge in [-0.1, -0.05) is 12.1 Å². The van der Waals surface area contributed by atoms with Gasteiger partial charge in [-0.25, -0.2) is 4.39 Å². The van der Waals surface area contributed by atoms with Gasteiger partial charge in [-0.15, -0.1) is 0 Å². The molecule has 1 heterocycles. The molecule has 132 valence electrons. The lowest BCUT2D eigenvalue weighted by atomic mass is 10.1. The van der Waals surface area contributed by atoms with Crippen LogP contribution in [0.25, 0.3) is 0 Å². The Labute approximate surface area is 145 Å². The highest BCUT2D eigenvalue weighted by Crippen LogP contribution is 2.24. The smallest absolute Gasteiger partial charge is 0.251 e. The molecule has 1 saturated heterocycles. The zero-order chi connectivity index (χ0) is 17.8. The van der Waals surface area contributed by atoms with Gasteiger partial charge in [-0.2, -0.15) is 0 Å². The van der Waals surface area contributed by atoms with Gasteiger partial charge in [0.15, 0.2) is 0 Å². The fourth-order valence-electron chi connectivity index (χ4n) is 2.96. The number of rotatable bonds is 4. The number of hydrogen-bond acceptors (Lipinski definition) is 4. The second-order valence-electron chi connectivity index (χ2n) is 6.24. The molecular formula is C19H21FN2O3. The number of anilines is 1. The molecule has 0 bridgehead atoms. The minimum absolute atomic E-state index is 0.0229. The number of nitrogens with zero attached hydrogens (tertiary/aromatic N) is 1. The monoisotopic (exact) mass is 344 g/mol. The molecule has 2 aromatic rings. The van der Waals surface area contributed by atoms with Gasteiger partial charge in [-0.3, -0.25) is 4.79 Å². The number of benzene rings is 2. The van der Waals surface area contributed by atoms with Crippen LogP contribution in [0.2, 0.25) is 0 Å². The van der Waals surface area contributed by atoms with Crippen molar-refractivity contribution in [2.24, 2.45) is 0 Å². The van der Waals surface area contributed by atoms with Crippen molar-refractivity contribution >= 4 is 11.6 Å². The van der Waals surface area contributed by atoms with Crippen LogP contribution in [0.4, 0.5) is 10.1 Å². The summed E-state index contributed by atoms with van der Waals surface area (Å²) in [5.41, 5.74) is 1.53. The Bertz CT molecular complexity index is 758. The van der Waals surface area contributed by atoms with Gasteiger partial charge in [0.1, 0.15) is 11.6 Å². The lowest BCUT2D eigenvalue weighted by molar-refractivity contribution is 0.0950. The summed E-state index contributed by atoms with van der Waals surface area (Å²) in [5.74, 6) is -0.638. The van der Waals surface area contributed by atoms with E-state index in [9.17, 15) is 19.4 Å². The number of halogens is 1. The van der Waals surface area contributed by atoms with Gasteiger partial charge in [0, 0.05) is 25.2 Å². The van der Waals surface area contributed by atoms with E-state index in [1.807, 2.05) is 4.90 Å². The number of aliphatic hydroxyl groups excluding tert-OH is 1. The molecular weight excluding hydrogens is 323 g/mol. The number of carbonyl (C=O) groups excluding carboxylic acids is 1. The van der Waals surface area contributed by atoms with Crippen molar-refractivity contribution in [2.45, 2.75) is 25.5 Å². The van der Waals surface area contributed by atoms with Crippen LogP contribution >= 0.6 is 0 Å². The van der Waals surface area contributed by atoms with Crippen LogP contribution < -0.4 is 10.2 Å². The average molecular weight is 344 g/mol. The van der Waals surface area contributed by atoms with Crippen LogP contribution in [0.15, 0.2) is 42.5 Å². The normalized spacial score (nSPS) is 15.2. The first-order valence-electron chi connectivity index (χ1n) is 8.31. The molecule has 6 heteroatoms. The molecule has 3 rings (SSSR count). The highest BCUT2D eigenvalue weighted by Gasteiger charge is 2.19. The highest BCUT2D eigenvalue weighted by atomic mass is 19.1. The fourth-order valence-corrected chi connectivity index (χ4v) is 2.96. The van der Waals surface area contributed by atoms with Crippen molar-refractivity contribution in [1.29, 1.82) is 0 Å². The lowest BCUT2D eigenvalue weighted by Crippen LogP contribution is -2.36. The van der Waals surface area contributed by atoms with E-state index in [-0.39, 0.29) is 30.1 Å². The molecule has 0 aliphatic carbocycles. The summed E-state index contributed by atoms with van der Waals surface area (Å²) in [7, 11) is 0. The molecule has 0 aromatic heterocycles. The summed E-state index contributed by atoms with van der Waals surface area (Å²) in [6, 6.07) is 11.0. The van der Waals surface area contributed by atoms with Crippen LogP contribution in [-0.4, -0.2) is 35.3 Å². The van der Waals surface area contributed by atoms with E-state index in [1.54, 1.807) is 24.3 Å². The predicted octanol–water partition coefficient (Wildman–Crippen LogP) is 2.42. The predicted molar refractivity (Wildman–Crippen MR) is 93.1 cm³/mol. The Hall–Kier alpha value is -2.60. The van der Waals surface area contributed by atoms with E-state index < -0.39 is 0 Å². The zero-order valence-electron chi connectivity index (χ0n) is 13.8. The molecule has 0 unspecified atom stereocenters. The van der Waals surface area contributed by atoms with Crippen LogP contribution in [0, 0.1) is 5.82 Å². The van der Waals surface area contributed by atoms with E-state index in [2.05, 4.69) is 5.32 Å². The Morgan fingerprint density at radius 2 is 1.96 bits per heavy atom. The summed E-state index contributed by atoms with van der Waals surface area (Å²) in [6.07, 6.45) is 0.980. The van der Waals surface area contributed by atoms with Gasteiger partial charge in [0.2, 0.25) is 0 Å². The van der Waals surface area contributed by atoms with Crippen molar-refractivity contribution in [2.75, 3.05) is 18.0 Å². The van der Waals surface area contributed by atoms with Crippen molar-refractivity contribution < 1.29 is 19.4 Å². The molecule has 1 amide bonds. The summed E-state index contributed by atoms with van der Waals surface area (Å²) in [5, 5.41) is 21.7. The number of carbonyl (C=O) groups is 1. The van der Waals surface area contributed by atoms with Crippen molar-refractivity contribution in [1.82, 2.24) is 5.32 Å². The number of nitrogens with one attached hydrogen (secondary N) is 1. The Morgan fingerprint density at radius 3 is 2.64 bits per heavy atom. The van der Waals surface area contributed by atoms with Crippen molar-refractivity contribution in [3.05, 3.63) is 59.4 Å². The van der Waals surface area contributed by atoms with Crippen LogP contribution in [0.5, 0.6) is 5.75 Å². The van der Waals surface area contributed by atoms with Crippen LogP contribution in [0.3, 0.4) is 0 Å². The number of piperidine rings is 1. The molecule has 5 nitrogen and oxygen atoms in total. The molecule has 3 N–H and O–H groups in total. The Kier molecular flexibility index (Phi) is 5.19. The quantitative estimate of drug-likeness (QED) is 0.796. The van der Waals surface area contributed by atoms with Crippen LogP contribution in [0.1, 0.15) is 28.8 Å². The standard InChI is InChI=1S/C19H21FN2O3/c20-17-10-13(4-5-18(17)22-8-6-15(23)7-9-22)12-21-19(25)14-2-1-3-16(24)11-14/h1-5,10-11,15,23-24H,6-9,12H2,(H,21,25). The maximum absolute atomic E-state index is 14.4. The van der Waals surface area contributed by atoms with E-state index in [0.29, 0.717) is 42.7 Å². The summed E-state index contributed by atoms with van der Waals surface area (Å²) >= 11 is 0. The summed E-state index contributed by atoms with van der Waals surface area (Å²) < 4.78 is 14.4. The largest absolute Gasteiger partial charge is 0.508 e. The van der Waals surface area contributed by atoms with Crippen LogP contribution in [-0.2, 0) is 6.54 Å². The molecule has 25 heavy (non-hydrogen) atoms. The van der Waals surface area contributed by atoms with E-state index in [0.717, 1.165) is 0 Å². The number of phenols is 1. The van der Waals surface area contributed by atoms with E-state index >= 15 is 0 Å². The number of amides is 1. The summed E-state index contributed by atoms with van der Waals surface area (Å²) in [4.78, 5) is 14.0. The molecule has 1 aliphatic heterocycles. The molecule has 0 spiro atoms. The topological polar surface area (TPSA) is 72.8 Å². The fraction of sp³-hybridized carbons (Fsp3) is 0.316. The molecule has 0 atom stereocenters. The minimum atomic E-state index is -0.333. The van der Waals surface area contributed by atoms with Gasteiger partial charge in [-0.05, 0) is 48.7 Å². The number of aromatic hydroxyl groups is 1. The summed E-state index contributed by atoms with van der Waals surface area (Å²) in [6.45, 7) is 1.46. The van der Waals surface area contributed by atoms with Crippen molar-refractivity contribution in [3.63, 3.8) is 0 Å². The first-order valence-corrected chi connectivity index (χ1v) is 8.31. The van der Waals surface area contributed by atoms with Gasteiger partial charge >= 0.3 is 0 Å². The number of aliphatic hydroxyl groups is 1. The second-order valence-corrected chi connectivity index (χ2v) is 6.24. The average Bonchev–Trinajstić information content (AvgIpc) is 2.61. The third-order valence-electron chi connectivity index (χ3n) is 4.38. The van der Waals surface area contributed by atoms with E-state index in [1.165, 1.54) is 18.2 Å².